The van der Waals surface area contributed by atoms with Crippen LogP contribution in [0, 0.1) is 0 Å². The summed E-state index contributed by atoms with van der Waals surface area (Å²) in [6.45, 7) is 6.97. The zero-order chi connectivity index (χ0) is 20.6. The van der Waals surface area contributed by atoms with Crippen molar-refractivity contribution in [1.29, 1.82) is 0 Å². The average Bonchev–Trinajstić information content (AvgIpc) is 3.19. The molecule has 3 rings (SSSR count). The third kappa shape index (κ3) is 5.03. The number of amides is 1. The summed E-state index contributed by atoms with van der Waals surface area (Å²) in [5, 5.41) is 5.17. The fourth-order valence-electron chi connectivity index (χ4n) is 2.65. The summed E-state index contributed by atoms with van der Waals surface area (Å²) < 4.78 is 17.0. The first-order valence-electron chi connectivity index (χ1n) is 9.40. The molecule has 0 fully saturated rings. The molecule has 2 heterocycles. The molecule has 0 aliphatic heterocycles. The summed E-state index contributed by atoms with van der Waals surface area (Å²) in [4.78, 5) is 21.6. The quantitative estimate of drug-likeness (QED) is 0.550. The van der Waals surface area contributed by atoms with Crippen molar-refractivity contribution in [3.8, 4) is 28.6 Å². The molecule has 152 valence electrons. The van der Waals surface area contributed by atoms with E-state index in [1.165, 1.54) is 11.3 Å². The van der Waals surface area contributed by atoms with Gasteiger partial charge >= 0.3 is 0 Å². The number of benzene rings is 1. The lowest BCUT2D eigenvalue weighted by atomic mass is 10.1. The number of nitrogens with one attached hydrogen (secondary N) is 1. The van der Waals surface area contributed by atoms with Gasteiger partial charge in [0.15, 0.2) is 16.6 Å². The molecular weight excluding hydrogens is 390 g/mol. The number of aromatic nitrogens is 2. The van der Waals surface area contributed by atoms with Crippen LogP contribution in [0.5, 0.6) is 17.2 Å². The van der Waals surface area contributed by atoms with E-state index in [4.69, 9.17) is 14.2 Å². The second kappa shape index (κ2) is 9.88. The first-order valence-corrected chi connectivity index (χ1v) is 10.3. The number of ether oxygens (including phenoxy) is 3. The average molecular weight is 413 g/mol. The van der Waals surface area contributed by atoms with Crippen molar-refractivity contribution in [3.05, 3.63) is 47.5 Å². The fraction of sp³-hybridized carbons (Fsp3) is 0.286. The zero-order valence-corrected chi connectivity index (χ0v) is 17.4. The van der Waals surface area contributed by atoms with Crippen LogP contribution in [0.3, 0.4) is 0 Å². The van der Waals surface area contributed by atoms with E-state index in [0.717, 1.165) is 5.69 Å². The third-order valence-corrected chi connectivity index (χ3v) is 4.58. The molecule has 3 aromatic rings. The van der Waals surface area contributed by atoms with Gasteiger partial charge in [-0.1, -0.05) is 6.07 Å². The van der Waals surface area contributed by atoms with Crippen molar-refractivity contribution in [3.63, 3.8) is 0 Å². The number of rotatable bonds is 9. The molecule has 0 unspecified atom stereocenters. The summed E-state index contributed by atoms with van der Waals surface area (Å²) >= 11 is 1.34. The topological polar surface area (TPSA) is 82.6 Å². The van der Waals surface area contributed by atoms with Crippen molar-refractivity contribution in [2.75, 3.05) is 25.1 Å². The van der Waals surface area contributed by atoms with Gasteiger partial charge in [0, 0.05) is 17.1 Å². The Morgan fingerprint density at radius 3 is 2.28 bits per heavy atom. The van der Waals surface area contributed by atoms with E-state index in [0.29, 0.717) is 53.5 Å². The minimum atomic E-state index is -0.308. The predicted octanol–water partition coefficient (Wildman–Crippen LogP) is 4.65. The highest BCUT2D eigenvalue weighted by Gasteiger charge is 2.19. The lowest BCUT2D eigenvalue weighted by molar-refractivity contribution is 0.102. The van der Waals surface area contributed by atoms with Gasteiger partial charge in [0.05, 0.1) is 25.5 Å². The van der Waals surface area contributed by atoms with Crippen molar-refractivity contribution in [2.24, 2.45) is 0 Å². The molecule has 0 aliphatic rings. The molecule has 0 saturated heterocycles. The smallest absolute Gasteiger partial charge is 0.257 e. The highest BCUT2D eigenvalue weighted by atomic mass is 32.1. The minimum Gasteiger partial charge on any atom is -0.490 e. The lowest BCUT2D eigenvalue weighted by Gasteiger charge is -2.16. The van der Waals surface area contributed by atoms with Crippen LogP contribution in [-0.2, 0) is 0 Å². The van der Waals surface area contributed by atoms with Crippen molar-refractivity contribution < 1.29 is 19.0 Å². The van der Waals surface area contributed by atoms with Gasteiger partial charge in [-0.3, -0.25) is 15.1 Å². The molecule has 7 nitrogen and oxygen atoms in total. The Labute approximate surface area is 173 Å². The number of pyridine rings is 1. The van der Waals surface area contributed by atoms with Gasteiger partial charge in [-0.15, -0.1) is 11.3 Å². The summed E-state index contributed by atoms with van der Waals surface area (Å²) in [5.74, 6) is 1.13. The minimum absolute atomic E-state index is 0.308. The van der Waals surface area contributed by atoms with Gasteiger partial charge in [0.1, 0.15) is 5.69 Å². The van der Waals surface area contributed by atoms with E-state index in [1.807, 2.05) is 44.4 Å². The van der Waals surface area contributed by atoms with Crippen LogP contribution in [0.4, 0.5) is 5.13 Å². The summed E-state index contributed by atoms with van der Waals surface area (Å²) in [6, 6.07) is 8.91. The summed E-state index contributed by atoms with van der Waals surface area (Å²) in [6.07, 6.45) is 1.71. The van der Waals surface area contributed by atoms with Crippen LogP contribution in [0.1, 0.15) is 31.1 Å². The molecule has 1 amide bonds. The monoisotopic (exact) mass is 413 g/mol. The zero-order valence-electron chi connectivity index (χ0n) is 16.6. The Morgan fingerprint density at radius 2 is 1.69 bits per heavy atom. The Morgan fingerprint density at radius 1 is 1.00 bits per heavy atom. The van der Waals surface area contributed by atoms with Crippen LogP contribution in [0.2, 0.25) is 0 Å². The van der Waals surface area contributed by atoms with Crippen LogP contribution in [0.15, 0.2) is 41.9 Å². The van der Waals surface area contributed by atoms with Crippen LogP contribution >= 0.6 is 11.3 Å². The highest BCUT2D eigenvalue weighted by Crippen LogP contribution is 2.39. The number of thiazole rings is 1. The normalized spacial score (nSPS) is 10.4. The molecule has 0 atom stereocenters. The first-order chi connectivity index (χ1) is 14.2. The number of carbonyl (C=O) groups excluding carboxylic acids is 1. The Balaban J connectivity index is 1.85. The van der Waals surface area contributed by atoms with E-state index in [1.54, 1.807) is 18.3 Å². The molecule has 29 heavy (non-hydrogen) atoms. The molecule has 2 aromatic heterocycles. The number of hydrogen-bond acceptors (Lipinski definition) is 7. The standard InChI is InChI=1S/C21H23N3O4S/c1-4-26-17-11-14(12-18(27-5-2)19(17)28-6-3)20(25)24-21-23-16(13-29-21)15-9-7-8-10-22-15/h7-13H,4-6H2,1-3H3,(H,23,24,25). The molecule has 0 spiro atoms. The Hall–Kier alpha value is -3.13. The number of hydrogen-bond donors (Lipinski definition) is 1. The second-order valence-electron chi connectivity index (χ2n) is 5.81. The molecule has 0 aliphatic carbocycles. The Kier molecular flexibility index (Phi) is 7.02. The van der Waals surface area contributed by atoms with Crippen LogP contribution in [-0.4, -0.2) is 35.7 Å². The molecule has 8 heteroatoms. The van der Waals surface area contributed by atoms with Crippen molar-refractivity contribution in [2.45, 2.75) is 20.8 Å². The van der Waals surface area contributed by atoms with Crippen LogP contribution < -0.4 is 19.5 Å². The molecule has 1 aromatic carbocycles. The van der Waals surface area contributed by atoms with Crippen LogP contribution in [0.25, 0.3) is 11.4 Å². The maximum Gasteiger partial charge on any atom is 0.257 e. The van der Waals surface area contributed by atoms with Crippen molar-refractivity contribution >= 4 is 22.4 Å². The lowest BCUT2D eigenvalue weighted by Crippen LogP contribution is -2.13. The predicted molar refractivity (Wildman–Crippen MR) is 113 cm³/mol. The van der Waals surface area contributed by atoms with Gasteiger partial charge in [0.25, 0.3) is 5.91 Å². The van der Waals surface area contributed by atoms with Crippen molar-refractivity contribution in [1.82, 2.24) is 9.97 Å². The first kappa shape index (κ1) is 20.6. The van der Waals surface area contributed by atoms with E-state index >= 15 is 0 Å². The van der Waals surface area contributed by atoms with Gasteiger partial charge in [0.2, 0.25) is 5.75 Å². The number of nitrogens with zero attached hydrogens (tertiary/aromatic N) is 2. The molecule has 0 saturated carbocycles. The number of anilines is 1. The van der Waals surface area contributed by atoms with Gasteiger partial charge in [-0.25, -0.2) is 4.98 Å². The summed E-state index contributed by atoms with van der Waals surface area (Å²) in [5.41, 5.74) is 1.86. The van der Waals surface area contributed by atoms with E-state index in [-0.39, 0.29) is 5.91 Å². The Bertz CT molecular complexity index is 933. The SMILES string of the molecule is CCOc1cc(C(=O)Nc2nc(-c3ccccn3)cs2)cc(OCC)c1OCC. The fourth-order valence-corrected chi connectivity index (χ4v) is 3.35. The largest absolute Gasteiger partial charge is 0.490 e. The van der Waals surface area contributed by atoms with E-state index < -0.39 is 0 Å². The molecule has 1 N–H and O–H groups in total. The highest BCUT2D eigenvalue weighted by molar-refractivity contribution is 7.14. The molecular formula is C21H23N3O4S. The third-order valence-electron chi connectivity index (χ3n) is 3.82. The van der Waals surface area contributed by atoms with Gasteiger partial charge in [-0.05, 0) is 45.0 Å². The summed E-state index contributed by atoms with van der Waals surface area (Å²) in [7, 11) is 0. The van der Waals surface area contributed by atoms with E-state index in [9.17, 15) is 4.79 Å². The van der Waals surface area contributed by atoms with E-state index in [2.05, 4.69) is 15.3 Å². The molecule has 0 radical (unpaired) electrons. The maximum absolute atomic E-state index is 12.8. The van der Waals surface area contributed by atoms with Gasteiger partial charge < -0.3 is 14.2 Å². The maximum atomic E-state index is 12.8. The molecule has 0 bridgehead atoms. The van der Waals surface area contributed by atoms with Gasteiger partial charge in [-0.2, -0.15) is 0 Å². The second-order valence-corrected chi connectivity index (χ2v) is 6.67. The number of carbonyl (C=O) groups is 1.